The van der Waals surface area contributed by atoms with Gasteiger partial charge >= 0.3 is 8.60 Å². The molecule has 1 aromatic rings. The van der Waals surface area contributed by atoms with Gasteiger partial charge in [-0.2, -0.15) is 0 Å². The fourth-order valence-corrected chi connectivity index (χ4v) is 1.27. The third kappa shape index (κ3) is 4.31. The Morgan fingerprint density at radius 2 is 1.92 bits per heavy atom. The second kappa shape index (κ2) is 6.02. The lowest BCUT2D eigenvalue weighted by atomic mass is 10.2. The second-order valence-corrected chi connectivity index (χ2v) is 3.28. The predicted molar refractivity (Wildman–Crippen MR) is 50.5 cm³/mol. The zero-order valence-electron chi connectivity index (χ0n) is 7.09. The number of hydrogen-bond donors (Lipinski definition) is 2. The minimum atomic E-state index is -1.83. The highest BCUT2D eigenvalue weighted by molar-refractivity contribution is 7.40. The van der Waals surface area contributed by atoms with Gasteiger partial charge in [-0.05, 0) is 5.56 Å². The molecule has 0 bridgehead atoms. The minimum absolute atomic E-state index is 0.0308. The average molecular weight is 201 g/mol. The third-order valence-corrected chi connectivity index (χ3v) is 2.09. The Morgan fingerprint density at radius 1 is 1.23 bits per heavy atom. The number of nitrogens with two attached hydrogens (primary N) is 1. The van der Waals surface area contributed by atoms with Crippen molar-refractivity contribution in [1.29, 1.82) is 0 Å². The Bertz CT molecular complexity index is 232. The van der Waals surface area contributed by atoms with Crippen LogP contribution in [0.1, 0.15) is 5.56 Å². The fraction of sp³-hybridized carbons (Fsp3) is 0.250. The molecule has 4 nitrogen and oxygen atoms in total. The molecule has 0 aliphatic heterocycles. The lowest BCUT2D eigenvalue weighted by Crippen LogP contribution is -2.01. The van der Waals surface area contributed by atoms with Gasteiger partial charge in [0.1, 0.15) is 6.73 Å². The molecular weight excluding hydrogens is 189 g/mol. The van der Waals surface area contributed by atoms with Gasteiger partial charge in [-0.1, -0.05) is 30.3 Å². The van der Waals surface area contributed by atoms with Gasteiger partial charge in [-0.3, -0.25) is 4.52 Å². The van der Waals surface area contributed by atoms with Crippen LogP contribution in [0, 0.1) is 0 Å². The Labute approximate surface area is 78.3 Å². The first-order chi connectivity index (χ1) is 6.33. The molecule has 0 heterocycles. The summed E-state index contributed by atoms with van der Waals surface area (Å²) < 4.78 is 9.63. The molecule has 0 aliphatic carbocycles. The van der Waals surface area contributed by atoms with Crippen molar-refractivity contribution in [2.75, 3.05) is 6.73 Å². The van der Waals surface area contributed by atoms with Crippen LogP contribution in [0.15, 0.2) is 30.3 Å². The molecule has 0 fully saturated rings. The molecule has 1 aromatic carbocycles. The van der Waals surface area contributed by atoms with Gasteiger partial charge in [0, 0.05) is 0 Å². The summed E-state index contributed by atoms with van der Waals surface area (Å²) in [6, 6.07) is 9.54. The van der Waals surface area contributed by atoms with Crippen molar-refractivity contribution in [2.24, 2.45) is 5.73 Å². The summed E-state index contributed by atoms with van der Waals surface area (Å²) in [5.41, 5.74) is 6.04. The summed E-state index contributed by atoms with van der Waals surface area (Å²) in [4.78, 5) is 9.05. The van der Waals surface area contributed by atoms with Crippen molar-refractivity contribution in [1.82, 2.24) is 0 Å². The molecule has 0 amide bonds. The van der Waals surface area contributed by atoms with Crippen molar-refractivity contribution in [2.45, 2.75) is 6.61 Å². The Morgan fingerprint density at radius 3 is 2.54 bits per heavy atom. The van der Waals surface area contributed by atoms with Crippen LogP contribution in [-0.4, -0.2) is 11.6 Å². The maximum absolute atomic E-state index is 9.05. The van der Waals surface area contributed by atoms with E-state index in [4.69, 9.17) is 15.2 Å². The zero-order valence-corrected chi connectivity index (χ0v) is 7.98. The predicted octanol–water partition coefficient (Wildman–Crippen LogP) is 1.36. The molecule has 1 unspecified atom stereocenters. The highest BCUT2D eigenvalue weighted by Gasteiger charge is 2.04. The highest BCUT2D eigenvalue weighted by atomic mass is 31.2. The minimum Gasteiger partial charge on any atom is -0.328 e. The van der Waals surface area contributed by atoms with E-state index in [-0.39, 0.29) is 6.73 Å². The average Bonchev–Trinajstić information content (AvgIpc) is 2.17. The van der Waals surface area contributed by atoms with Gasteiger partial charge < -0.3 is 15.2 Å². The van der Waals surface area contributed by atoms with E-state index in [1.165, 1.54) is 0 Å². The number of hydrogen-bond acceptors (Lipinski definition) is 4. The first kappa shape index (κ1) is 10.6. The van der Waals surface area contributed by atoms with Crippen LogP contribution in [0.4, 0.5) is 0 Å². The van der Waals surface area contributed by atoms with Crippen molar-refractivity contribution in [3.8, 4) is 0 Å². The topological polar surface area (TPSA) is 64.7 Å². The Kier molecular flexibility index (Phi) is 4.90. The molecule has 0 saturated heterocycles. The van der Waals surface area contributed by atoms with Crippen LogP contribution >= 0.6 is 8.60 Å². The standard InChI is InChI=1S/C8H12NO3P/c9-7-12-13(10)11-6-8-4-2-1-3-5-8/h1-5,10H,6-7,9H2. The molecule has 0 spiro atoms. The van der Waals surface area contributed by atoms with Gasteiger partial charge in [-0.25, -0.2) is 0 Å². The lowest BCUT2D eigenvalue weighted by molar-refractivity contribution is 0.197. The summed E-state index contributed by atoms with van der Waals surface area (Å²) in [6.45, 7) is 0.306. The first-order valence-corrected chi connectivity index (χ1v) is 4.95. The van der Waals surface area contributed by atoms with Crippen LogP contribution in [0.25, 0.3) is 0 Å². The maximum Gasteiger partial charge on any atom is 0.331 e. The van der Waals surface area contributed by atoms with Gasteiger partial charge in [0.2, 0.25) is 0 Å². The SMILES string of the molecule is NCOP(O)OCc1ccccc1. The Hall–Kier alpha value is -0.510. The molecule has 5 heteroatoms. The van der Waals surface area contributed by atoms with E-state index in [0.717, 1.165) is 5.56 Å². The fourth-order valence-electron chi connectivity index (χ4n) is 0.805. The molecule has 72 valence electrons. The van der Waals surface area contributed by atoms with Crippen LogP contribution in [0.3, 0.4) is 0 Å². The summed E-state index contributed by atoms with van der Waals surface area (Å²) >= 11 is 0. The summed E-state index contributed by atoms with van der Waals surface area (Å²) in [7, 11) is -1.83. The van der Waals surface area contributed by atoms with E-state index in [1.807, 2.05) is 30.3 Å². The normalized spacial score (nSPS) is 12.8. The molecule has 0 radical (unpaired) electrons. The van der Waals surface area contributed by atoms with Crippen LogP contribution in [-0.2, 0) is 15.7 Å². The van der Waals surface area contributed by atoms with Gasteiger partial charge in [0.05, 0.1) is 6.61 Å². The van der Waals surface area contributed by atoms with E-state index < -0.39 is 8.60 Å². The number of rotatable bonds is 5. The number of benzene rings is 1. The zero-order chi connectivity index (χ0) is 9.52. The van der Waals surface area contributed by atoms with Crippen molar-refractivity contribution in [3.63, 3.8) is 0 Å². The largest absolute Gasteiger partial charge is 0.331 e. The molecule has 1 rings (SSSR count). The highest BCUT2D eigenvalue weighted by Crippen LogP contribution is 2.32. The summed E-state index contributed by atoms with van der Waals surface area (Å²) in [5, 5.41) is 0. The van der Waals surface area contributed by atoms with Crippen LogP contribution in [0.5, 0.6) is 0 Å². The second-order valence-electron chi connectivity index (χ2n) is 2.29. The molecule has 0 aliphatic rings. The lowest BCUT2D eigenvalue weighted by Gasteiger charge is -2.08. The molecular formula is C8H12NO3P. The summed E-state index contributed by atoms with van der Waals surface area (Å²) in [6.07, 6.45) is 0. The van der Waals surface area contributed by atoms with Gasteiger partial charge in [0.15, 0.2) is 0 Å². The van der Waals surface area contributed by atoms with Crippen molar-refractivity contribution in [3.05, 3.63) is 35.9 Å². The van der Waals surface area contributed by atoms with Crippen molar-refractivity contribution < 1.29 is 13.9 Å². The van der Waals surface area contributed by atoms with Gasteiger partial charge in [-0.15, -0.1) is 0 Å². The summed E-state index contributed by atoms with van der Waals surface area (Å²) in [5.74, 6) is 0. The van der Waals surface area contributed by atoms with E-state index >= 15 is 0 Å². The monoisotopic (exact) mass is 201 g/mol. The smallest absolute Gasteiger partial charge is 0.328 e. The molecule has 0 aromatic heterocycles. The molecule has 13 heavy (non-hydrogen) atoms. The quantitative estimate of drug-likeness (QED) is 0.557. The third-order valence-electron chi connectivity index (χ3n) is 1.37. The molecule has 1 atom stereocenters. The van der Waals surface area contributed by atoms with E-state index in [9.17, 15) is 0 Å². The van der Waals surface area contributed by atoms with E-state index in [0.29, 0.717) is 6.61 Å². The molecule has 3 N–H and O–H groups in total. The van der Waals surface area contributed by atoms with Crippen LogP contribution < -0.4 is 5.73 Å². The first-order valence-electron chi connectivity index (χ1n) is 3.81. The maximum atomic E-state index is 9.05. The van der Waals surface area contributed by atoms with E-state index in [1.54, 1.807) is 0 Å². The van der Waals surface area contributed by atoms with E-state index in [2.05, 4.69) is 4.52 Å². The van der Waals surface area contributed by atoms with Crippen molar-refractivity contribution >= 4 is 8.60 Å². The van der Waals surface area contributed by atoms with Crippen LogP contribution in [0.2, 0.25) is 0 Å². The van der Waals surface area contributed by atoms with Gasteiger partial charge in [0.25, 0.3) is 0 Å². The molecule has 0 saturated carbocycles. The Balaban J connectivity index is 2.27.